The van der Waals surface area contributed by atoms with Crippen molar-refractivity contribution in [2.75, 3.05) is 13.7 Å². The highest BCUT2D eigenvalue weighted by molar-refractivity contribution is 5.86. The number of carboxylic acids is 1. The molecular formula is C15H18O4. The molecule has 1 aromatic carbocycles. The molecule has 1 saturated carbocycles. The summed E-state index contributed by atoms with van der Waals surface area (Å²) in [5.74, 6) is 0.884. The number of ether oxygens (including phenoxy) is 2. The first kappa shape index (κ1) is 13.5. The molecule has 4 nitrogen and oxygen atoms in total. The van der Waals surface area contributed by atoms with E-state index in [0.29, 0.717) is 24.0 Å². The van der Waals surface area contributed by atoms with E-state index in [9.17, 15) is 4.79 Å². The lowest BCUT2D eigenvalue weighted by molar-refractivity contribution is -0.131. The van der Waals surface area contributed by atoms with Crippen molar-refractivity contribution in [1.82, 2.24) is 0 Å². The van der Waals surface area contributed by atoms with Gasteiger partial charge in [-0.25, -0.2) is 4.79 Å². The standard InChI is InChI=1S/C15H18O4/c1-18-13-7-3-6-12(8-9-14(16)17)15(13)19-10-11-4-2-5-11/h3,6-9,11H,2,4-5,10H2,1H3,(H,16,17). The fourth-order valence-corrected chi connectivity index (χ4v) is 2.00. The average Bonchev–Trinajstić information content (AvgIpc) is 2.35. The molecule has 0 aromatic heterocycles. The van der Waals surface area contributed by atoms with Gasteiger partial charge >= 0.3 is 5.97 Å². The molecule has 0 heterocycles. The Morgan fingerprint density at radius 3 is 2.84 bits per heavy atom. The summed E-state index contributed by atoms with van der Waals surface area (Å²) < 4.78 is 11.1. The first-order valence-corrected chi connectivity index (χ1v) is 6.41. The molecule has 2 rings (SSSR count). The van der Waals surface area contributed by atoms with Gasteiger partial charge in [-0.3, -0.25) is 0 Å². The first-order chi connectivity index (χ1) is 9.20. The van der Waals surface area contributed by atoms with E-state index >= 15 is 0 Å². The van der Waals surface area contributed by atoms with Crippen LogP contribution in [0.3, 0.4) is 0 Å². The van der Waals surface area contributed by atoms with Crippen LogP contribution in [0, 0.1) is 5.92 Å². The second-order valence-corrected chi connectivity index (χ2v) is 4.66. The van der Waals surface area contributed by atoms with Crippen LogP contribution in [0.1, 0.15) is 24.8 Å². The van der Waals surface area contributed by atoms with Gasteiger partial charge in [-0.1, -0.05) is 18.6 Å². The summed E-state index contributed by atoms with van der Waals surface area (Å²) in [4.78, 5) is 10.6. The van der Waals surface area contributed by atoms with Crippen LogP contribution >= 0.6 is 0 Å². The lowest BCUT2D eigenvalue weighted by Crippen LogP contribution is -2.19. The Bertz CT molecular complexity index is 475. The quantitative estimate of drug-likeness (QED) is 0.801. The van der Waals surface area contributed by atoms with Gasteiger partial charge in [0.1, 0.15) is 0 Å². The Morgan fingerprint density at radius 1 is 1.47 bits per heavy atom. The molecule has 1 N–H and O–H groups in total. The number of para-hydroxylation sites is 1. The van der Waals surface area contributed by atoms with Crippen molar-refractivity contribution >= 4 is 12.0 Å². The maximum absolute atomic E-state index is 10.6. The van der Waals surface area contributed by atoms with Gasteiger partial charge in [0, 0.05) is 11.6 Å². The van der Waals surface area contributed by atoms with Crippen molar-refractivity contribution in [3.63, 3.8) is 0 Å². The monoisotopic (exact) mass is 262 g/mol. The molecular weight excluding hydrogens is 244 g/mol. The number of methoxy groups -OCH3 is 1. The van der Waals surface area contributed by atoms with Gasteiger partial charge in [-0.05, 0) is 30.9 Å². The lowest BCUT2D eigenvalue weighted by Gasteiger charge is -2.26. The summed E-state index contributed by atoms with van der Waals surface area (Å²) in [5.41, 5.74) is 0.723. The summed E-state index contributed by atoms with van der Waals surface area (Å²) >= 11 is 0. The largest absolute Gasteiger partial charge is 0.493 e. The number of carboxylic acid groups (broad SMARTS) is 1. The molecule has 19 heavy (non-hydrogen) atoms. The molecule has 0 spiro atoms. The molecule has 0 unspecified atom stereocenters. The predicted octanol–water partition coefficient (Wildman–Crippen LogP) is 2.97. The maximum atomic E-state index is 10.6. The zero-order valence-corrected chi connectivity index (χ0v) is 11.0. The van der Waals surface area contributed by atoms with E-state index in [1.54, 1.807) is 7.11 Å². The van der Waals surface area contributed by atoms with Gasteiger partial charge in [-0.15, -0.1) is 0 Å². The highest BCUT2D eigenvalue weighted by atomic mass is 16.5. The van der Waals surface area contributed by atoms with Crippen LogP contribution in [0.25, 0.3) is 6.08 Å². The van der Waals surface area contributed by atoms with Crippen molar-refractivity contribution in [2.24, 2.45) is 5.92 Å². The third-order valence-electron chi connectivity index (χ3n) is 3.32. The molecule has 1 aliphatic carbocycles. The number of carbonyl (C=O) groups is 1. The Labute approximate surface area is 112 Å². The second kappa shape index (κ2) is 6.27. The van der Waals surface area contributed by atoms with Gasteiger partial charge in [0.05, 0.1) is 13.7 Å². The van der Waals surface area contributed by atoms with E-state index in [-0.39, 0.29) is 0 Å². The molecule has 0 aliphatic heterocycles. The van der Waals surface area contributed by atoms with Gasteiger partial charge in [0.15, 0.2) is 11.5 Å². The second-order valence-electron chi connectivity index (χ2n) is 4.66. The minimum atomic E-state index is -0.979. The van der Waals surface area contributed by atoms with E-state index in [4.69, 9.17) is 14.6 Å². The molecule has 102 valence electrons. The van der Waals surface area contributed by atoms with E-state index in [2.05, 4.69) is 0 Å². The van der Waals surface area contributed by atoms with Crippen molar-refractivity contribution < 1.29 is 19.4 Å². The zero-order valence-electron chi connectivity index (χ0n) is 11.0. The molecule has 1 aromatic rings. The molecule has 4 heteroatoms. The van der Waals surface area contributed by atoms with E-state index < -0.39 is 5.97 Å². The molecule has 1 fully saturated rings. The lowest BCUT2D eigenvalue weighted by atomic mass is 9.86. The summed E-state index contributed by atoms with van der Waals surface area (Å²) in [6, 6.07) is 5.45. The third kappa shape index (κ3) is 3.50. The number of aliphatic carboxylic acids is 1. The number of benzene rings is 1. The van der Waals surface area contributed by atoms with Gasteiger partial charge < -0.3 is 14.6 Å². The number of hydrogen-bond acceptors (Lipinski definition) is 3. The minimum absolute atomic E-state index is 0.612. The number of hydrogen-bond donors (Lipinski definition) is 1. The van der Waals surface area contributed by atoms with Crippen LogP contribution in [0.5, 0.6) is 11.5 Å². The molecule has 1 aliphatic rings. The molecule has 0 amide bonds. The highest BCUT2D eigenvalue weighted by Gasteiger charge is 2.19. The summed E-state index contributed by atoms with van der Waals surface area (Å²) in [6.07, 6.45) is 6.31. The maximum Gasteiger partial charge on any atom is 0.328 e. The number of rotatable bonds is 6. The van der Waals surface area contributed by atoms with Crippen molar-refractivity contribution in [1.29, 1.82) is 0 Å². The SMILES string of the molecule is COc1cccc(C=CC(=O)O)c1OCC1CCC1. The van der Waals surface area contributed by atoms with Crippen molar-refractivity contribution in [3.05, 3.63) is 29.8 Å². The van der Waals surface area contributed by atoms with Gasteiger partial charge in [-0.2, -0.15) is 0 Å². The smallest absolute Gasteiger partial charge is 0.328 e. The van der Waals surface area contributed by atoms with Crippen LogP contribution in [-0.4, -0.2) is 24.8 Å². The average molecular weight is 262 g/mol. The van der Waals surface area contributed by atoms with E-state index in [0.717, 1.165) is 11.6 Å². The third-order valence-corrected chi connectivity index (χ3v) is 3.32. The highest BCUT2D eigenvalue weighted by Crippen LogP contribution is 2.34. The summed E-state index contributed by atoms with van der Waals surface area (Å²) in [5, 5.41) is 8.70. The van der Waals surface area contributed by atoms with E-state index in [1.807, 2.05) is 18.2 Å². The minimum Gasteiger partial charge on any atom is -0.493 e. The normalized spacial score (nSPS) is 15.2. The summed E-state index contributed by atoms with van der Waals surface area (Å²) in [7, 11) is 1.58. The van der Waals surface area contributed by atoms with Crippen LogP contribution < -0.4 is 9.47 Å². The molecule has 0 bridgehead atoms. The Balaban J connectivity index is 2.17. The van der Waals surface area contributed by atoms with Crippen LogP contribution in [0.15, 0.2) is 24.3 Å². The Hall–Kier alpha value is -1.97. The van der Waals surface area contributed by atoms with E-state index in [1.165, 1.54) is 25.3 Å². The summed E-state index contributed by atoms with van der Waals surface area (Å²) in [6.45, 7) is 0.661. The molecule has 0 radical (unpaired) electrons. The fourth-order valence-electron chi connectivity index (χ4n) is 2.00. The van der Waals surface area contributed by atoms with Crippen LogP contribution in [0.4, 0.5) is 0 Å². The first-order valence-electron chi connectivity index (χ1n) is 6.41. The Kier molecular flexibility index (Phi) is 4.44. The fraction of sp³-hybridized carbons (Fsp3) is 0.400. The van der Waals surface area contributed by atoms with Crippen LogP contribution in [0.2, 0.25) is 0 Å². The Morgan fingerprint density at radius 2 is 2.26 bits per heavy atom. The predicted molar refractivity (Wildman–Crippen MR) is 72.5 cm³/mol. The van der Waals surface area contributed by atoms with Gasteiger partial charge in [0.2, 0.25) is 0 Å². The van der Waals surface area contributed by atoms with Gasteiger partial charge in [0.25, 0.3) is 0 Å². The molecule has 0 atom stereocenters. The van der Waals surface area contributed by atoms with Crippen LogP contribution in [-0.2, 0) is 4.79 Å². The van der Waals surface area contributed by atoms with Crippen molar-refractivity contribution in [3.8, 4) is 11.5 Å². The van der Waals surface area contributed by atoms with Crippen molar-refractivity contribution in [2.45, 2.75) is 19.3 Å². The topological polar surface area (TPSA) is 55.8 Å². The zero-order chi connectivity index (χ0) is 13.7. The molecule has 0 saturated heterocycles.